The zero-order valence-corrected chi connectivity index (χ0v) is 8.98. The van der Waals surface area contributed by atoms with E-state index < -0.39 is 5.97 Å². The van der Waals surface area contributed by atoms with Crippen LogP contribution in [0.5, 0.6) is 0 Å². The molecule has 1 aromatic carbocycles. The third kappa shape index (κ3) is 3.96. The van der Waals surface area contributed by atoms with Gasteiger partial charge < -0.3 is 10.5 Å². The number of carbonyl (C=O) groups excluding carboxylic acids is 1. The average molecular weight is 236 g/mol. The van der Waals surface area contributed by atoms with Gasteiger partial charge in [0.15, 0.2) is 0 Å². The van der Waals surface area contributed by atoms with E-state index >= 15 is 0 Å². The van der Waals surface area contributed by atoms with Crippen LogP contribution in [0, 0.1) is 0 Å². The maximum absolute atomic E-state index is 10.7. The molecule has 2 N–H and O–H groups in total. The molecule has 0 fully saturated rings. The molecule has 0 aliphatic carbocycles. The summed E-state index contributed by atoms with van der Waals surface area (Å²) in [4.78, 5) is 10.7. The molecule has 0 aliphatic heterocycles. The molecular formula is C9H11Cl2NO2. The molecule has 0 spiro atoms. The van der Waals surface area contributed by atoms with Crippen molar-refractivity contribution in [2.45, 2.75) is 6.61 Å². The number of nitrogens with two attached hydrogens (primary N) is 1. The van der Waals surface area contributed by atoms with E-state index in [1.54, 1.807) is 12.1 Å². The topological polar surface area (TPSA) is 52.3 Å². The normalized spacial score (nSPS) is 9.00. The first-order valence-electron chi connectivity index (χ1n) is 3.83. The molecule has 0 atom stereocenters. The summed E-state index contributed by atoms with van der Waals surface area (Å²) >= 11 is 5.83. The smallest absolute Gasteiger partial charge is 0.320 e. The van der Waals surface area contributed by atoms with Crippen molar-refractivity contribution in [1.82, 2.24) is 0 Å². The molecule has 1 rings (SSSR count). The molecule has 0 saturated heterocycles. The van der Waals surface area contributed by atoms with Crippen molar-refractivity contribution in [3.8, 4) is 0 Å². The van der Waals surface area contributed by atoms with E-state index in [0.29, 0.717) is 5.02 Å². The Bertz CT molecular complexity index is 305. The van der Waals surface area contributed by atoms with Crippen molar-refractivity contribution in [3.05, 3.63) is 34.9 Å². The molecule has 3 nitrogen and oxygen atoms in total. The highest BCUT2D eigenvalue weighted by Crippen LogP contribution is 2.15. The Morgan fingerprint density at radius 1 is 1.43 bits per heavy atom. The number of carbonyl (C=O) groups is 1. The minimum atomic E-state index is -0.431. The van der Waals surface area contributed by atoms with Crippen molar-refractivity contribution < 1.29 is 9.53 Å². The van der Waals surface area contributed by atoms with Gasteiger partial charge in [0.2, 0.25) is 0 Å². The Hall–Kier alpha value is -0.770. The van der Waals surface area contributed by atoms with E-state index in [9.17, 15) is 4.79 Å². The fourth-order valence-corrected chi connectivity index (χ4v) is 1.02. The molecule has 78 valence electrons. The van der Waals surface area contributed by atoms with Crippen molar-refractivity contribution >= 4 is 30.0 Å². The highest BCUT2D eigenvalue weighted by molar-refractivity contribution is 6.31. The van der Waals surface area contributed by atoms with Crippen LogP contribution < -0.4 is 5.73 Å². The van der Waals surface area contributed by atoms with Gasteiger partial charge in [-0.25, -0.2) is 0 Å². The number of halogens is 2. The van der Waals surface area contributed by atoms with Gasteiger partial charge >= 0.3 is 5.97 Å². The van der Waals surface area contributed by atoms with Gasteiger partial charge in [0.05, 0.1) is 6.54 Å². The monoisotopic (exact) mass is 235 g/mol. The van der Waals surface area contributed by atoms with Crippen LogP contribution in [-0.4, -0.2) is 12.5 Å². The number of benzene rings is 1. The lowest BCUT2D eigenvalue weighted by atomic mass is 10.2. The number of hydrogen-bond acceptors (Lipinski definition) is 3. The lowest BCUT2D eigenvalue weighted by Gasteiger charge is -2.04. The Morgan fingerprint density at radius 2 is 2.07 bits per heavy atom. The summed E-state index contributed by atoms with van der Waals surface area (Å²) in [6, 6.07) is 7.19. The molecule has 0 radical (unpaired) electrons. The first-order valence-corrected chi connectivity index (χ1v) is 4.21. The number of esters is 1. The number of ether oxygens (including phenoxy) is 1. The Morgan fingerprint density at radius 3 is 2.64 bits per heavy atom. The van der Waals surface area contributed by atoms with Crippen molar-refractivity contribution in [1.29, 1.82) is 0 Å². The summed E-state index contributed by atoms with van der Waals surface area (Å²) < 4.78 is 4.81. The van der Waals surface area contributed by atoms with Gasteiger partial charge in [0.25, 0.3) is 0 Å². The first-order chi connectivity index (χ1) is 6.24. The number of rotatable bonds is 3. The van der Waals surface area contributed by atoms with Crippen LogP contribution in [0.4, 0.5) is 0 Å². The second-order valence-corrected chi connectivity index (χ2v) is 2.86. The van der Waals surface area contributed by atoms with Gasteiger partial charge in [-0.3, -0.25) is 4.79 Å². The maximum atomic E-state index is 10.7. The minimum Gasteiger partial charge on any atom is -0.460 e. The van der Waals surface area contributed by atoms with Gasteiger partial charge in [-0.15, -0.1) is 12.4 Å². The quantitative estimate of drug-likeness (QED) is 0.813. The molecule has 0 aliphatic rings. The second kappa shape index (κ2) is 6.65. The van der Waals surface area contributed by atoms with Gasteiger partial charge in [0.1, 0.15) is 6.61 Å². The Kier molecular flexibility index (Phi) is 6.28. The highest BCUT2D eigenvalue weighted by Gasteiger charge is 2.02. The lowest BCUT2D eigenvalue weighted by molar-refractivity contribution is -0.143. The van der Waals surface area contributed by atoms with Gasteiger partial charge in [-0.2, -0.15) is 0 Å². The first kappa shape index (κ1) is 13.2. The molecule has 0 amide bonds. The molecule has 5 heteroatoms. The summed E-state index contributed by atoms with van der Waals surface area (Å²) in [6.07, 6.45) is 0. The summed E-state index contributed by atoms with van der Waals surface area (Å²) in [5, 5.41) is 0.590. The predicted molar refractivity (Wildman–Crippen MR) is 57.6 cm³/mol. The van der Waals surface area contributed by atoms with Crippen LogP contribution in [0.15, 0.2) is 24.3 Å². The van der Waals surface area contributed by atoms with E-state index in [1.165, 1.54) is 0 Å². The van der Waals surface area contributed by atoms with E-state index in [0.717, 1.165) is 5.56 Å². The van der Waals surface area contributed by atoms with Gasteiger partial charge in [0, 0.05) is 10.6 Å². The third-order valence-electron chi connectivity index (χ3n) is 1.51. The van der Waals surface area contributed by atoms with Crippen LogP contribution >= 0.6 is 24.0 Å². The highest BCUT2D eigenvalue weighted by atomic mass is 35.5. The van der Waals surface area contributed by atoms with Crippen molar-refractivity contribution in [2.75, 3.05) is 6.54 Å². The van der Waals surface area contributed by atoms with Gasteiger partial charge in [-0.05, 0) is 6.07 Å². The molecule has 0 aromatic heterocycles. The molecular weight excluding hydrogens is 225 g/mol. The summed E-state index contributed by atoms with van der Waals surface area (Å²) in [6.45, 7) is 0.0696. The molecule has 0 unspecified atom stereocenters. The summed E-state index contributed by atoms with van der Waals surface area (Å²) in [7, 11) is 0. The molecule has 1 aromatic rings. The predicted octanol–water partition coefficient (Wildman–Crippen LogP) is 1.76. The zero-order valence-electron chi connectivity index (χ0n) is 7.40. The SMILES string of the molecule is Cl.NCC(=O)OCc1ccccc1Cl. The maximum Gasteiger partial charge on any atom is 0.320 e. The van der Waals surface area contributed by atoms with Crippen LogP contribution in [-0.2, 0) is 16.1 Å². The van der Waals surface area contributed by atoms with Crippen LogP contribution in [0.2, 0.25) is 5.02 Å². The van der Waals surface area contributed by atoms with E-state index in [1.807, 2.05) is 12.1 Å². The lowest BCUT2D eigenvalue weighted by Crippen LogP contribution is -2.16. The standard InChI is InChI=1S/C9H10ClNO2.ClH/c10-8-4-2-1-3-7(8)6-13-9(12)5-11;/h1-4H,5-6,11H2;1H. The fourth-order valence-electron chi connectivity index (χ4n) is 0.833. The van der Waals surface area contributed by atoms with E-state index in [2.05, 4.69) is 0 Å². The fraction of sp³-hybridized carbons (Fsp3) is 0.222. The van der Waals surface area contributed by atoms with Crippen LogP contribution in [0.3, 0.4) is 0 Å². The van der Waals surface area contributed by atoms with Crippen LogP contribution in [0.1, 0.15) is 5.56 Å². The summed E-state index contributed by atoms with van der Waals surface area (Å²) in [5.41, 5.74) is 5.85. The van der Waals surface area contributed by atoms with E-state index in [-0.39, 0.29) is 25.6 Å². The molecule has 0 saturated carbocycles. The second-order valence-electron chi connectivity index (χ2n) is 2.46. The average Bonchev–Trinajstić information content (AvgIpc) is 2.16. The van der Waals surface area contributed by atoms with Crippen molar-refractivity contribution in [2.24, 2.45) is 5.73 Å². The van der Waals surface area contributed by atoms with Crippen molar-refractivity contribution in [3.63, 3.8) is 0 Å². The number of hydrogen-bond donors (Lipinski definition) is 1. The molecule has 14 heavy (non-hydrogen) atoms. The zero-order chi connectivity index (χ0) is 9.68. The Balaban J connectivity index is 0.00000169. The van der Waals surface area contributed by atoms with Gasteiger partial charge in [-0.1, -0.05) is 29.8 Å². The summed E-state index contributed by atoms with van der Waals surface area (Å²) in [5.74, 6) is -0.431. The largest absolute Gasteiger partial charge is 0.460 e. The molecule has 0 bridgehead atoms. The molecule has 0 heterocycles. The van der Waals surface area contributed by atoms with Crippen LogP contribution in [0.25, 0.3) is 0 Å². The Labute approximate surface area is 93.6 Å². The third-order valence-corrected chi connectivity index (χ3v) is 1.88. The minimum absolute atomic E-state index is 0. The van der Waals surface area contributed by atoms with E-state index in [4.69, 9.17) is 22.1 Å².